The molecule has 1 fully saturated rings. The van der Waals surface area contributed by atoms with Crippen LogP contribution in [0, 0.1) is 11.8 Å². The summed E-state index contributed by atoms with van der Waals surface area (Å²) in [7, 11) is -3.71. The summed E-state index contributed by atoms with van der Waals surface area (Å²) in [5.74, 6) is -0.874. The molecule has 25 heavy (non-hydrogen) atoms. The predicted octanol–water partition coefficient (Wildman–Crippen LogP) is 1.96. The molecule has 0 aromatic carbocycles. The summed E-state index contributed by atoms with van der Waals surface area (Å²) in [6.45, 7) is 7.17. The van der Waals surface area contributed by atoms with Gasteiger partial charge in [0.1, 0.15) is 4.21 Å². The Morgan fingerprint density at radius 2 is 1.84 bits per heavy atom. The van der Waals surface area contributed by atoms with Gasteiger partial charge in [-0.25, -0.2) is 13.2 Å². The highest BCUT2D eigenvalue weighted by molar-refractivity contribution is 7.91. The lowest BCUT2D eigenvalue weighted by Gasteiger charge is -2.35. The van der Waals surface area contributed by atoms with E-state index in [1.54, 1.807) is 4.90 Å². The summed E-state index contributed by atoms with van der Waals surface area (Å²) in [5, 5.41) is 10.3. The second-order valence-corrected chi connectivity index (χ2v) is 9.44. The molecule has 7 nitrogen and oxygen atoms in total. The zero-order valence-electron chi connectivity index (χ0n) is 14.6. The third-order valence-corrected chi connectivity index (χ3v) is 8.17. The number of carbonyl (C=O) groups is 2. The van der Waals surface area contributed by atoms with Gasteiger partial charge in [-0.05, 0) is 12.0 Å². The monoisotopic (exact) mass is 388 g/mol. The number of aromatic carboxylic acids is 1. The molecule has 2 rings (SSSR count). The Labute approximate surface area is 152 Å². The predicted molar refractivity (Wildman–Crippen MR) is 95.2 cm³/mol. The lowest BCUT2D eigenvalue weighted by molar-refractivity contribution is -0.137. The van der Waals surface area contributed by atoms with Gasteiger partial charge in [-0.3, -0.25) is 4.79 Å². The van der Waals surface area contributed by atoms with Crippen LogP contribution in [0.5, 0.6) is 0 Å². The van der Waals surface area contributed by atoms with E-state index in [4.69, 9.17) is 5.11 Å². The van der Waals surface area contributed by atoms with Crippen LogP contribution in [-0.4, -0.2) is 60.8 Å². The van der Waals surface area contributed by atoms with Crippen LogP contribution in [0.15, 0.2) is 15.7 Å². The lowest BCUT2D eigenvalue weighted by atomic mass is 9.92. The summed E-state index contributed by atoms with van der Waals surface area (Å²) >= 11 is 0.906. The highest BCUT2D eigenvalue weighted by atomic mass is 32.2. The largest absolute Gasteiger partial charge is 0.478 e. The van der Waals surface area contributed by atoms with Crippen molar-refractivity contribution < 1.29 is 23.1 Å². The zero-order valence-corrected chi connectivity index (χ0v) is 16.3. The van der Waals surface area contributed by atoms with Crippen LogP contribution in [0.3, 0.4) is 0 Å². The number of hydrogen-bond acceptors (Lipinski definition) is 5. The maximum absolute atomic E-state index is 12.6. The van der Waals surface area contributed by atoms with Crippen molar-refractivity contribution in [1.29, 1.82) is 0 Å². The number of sulfonamides is 1. The molecule has 0 saturated carbocycles. The molecule has 0 radical (unpaired) electrons. The first-order valence-corrected chi connectivity index (χ1v) is 10.6. The molecule has 1 N–H and O–H groups in total. The van der Waals surface area contributed by atoms with E-state index in [0.29, 0.717) is 13.1 Å². The SMILES string of the molecule is CCC(C)C(C)C(=O)N1CCN(S(=O)(=O)c2cc(C(=O)O)cs2)CC1. The average molecular weight is 389 g/mol. The Bertz CT molecular complexity index is 735. The number of hydrogen-bond donors (Lipinski definition) is 1. The van der Waals surface area contributed by atoms with Gasteiger partial charge in [0.2, 0.25) is 5.91 Å². The van der Waals surface area contributed by atoms with E-state index in [9.17, 15) is 18.0 Å². The van der Waals surface area contributed by atoms with Crippen LogP contribution in [0.2, 0.25) is 0 Å². The number of carboxylic acids is 1. The normalized spacial score (nSPS) is 18.8. The molecule has 0 bridgehead atoms. The molecule has 0 aliphatic carbocycles. The van der Waals surface area contributed by atoms with Crippen molar-refractivity contribution in [1.82, 2.24) is 9.21 Å². The van der Waals surface area contributed by atoms with Crippen molar-refractivity contribution >= 4 is 33.2 Å². The van der Waals surface area contributed by atoms with Crippen LogP contribution in [0.1, 0.15) is 37.6 Å². The van der Waals surface area contributed by atoms with E-state index >= 15 is 0 Å². The van der Waals surface area contributed by atoms with Gasteiger partial charge in [0, 0.05) is 37.5 Å². The Morgan fingerprint density at radius 1 is 1.24 bits per heavy atom. The molecule has 1 amide bonds. The molecule has 0 spiro atoms. The van der Waals surface area contributed by atoms with Crippen molar-refractivity contribution in [3.05, 3.63) is 17.0 Å². The number of carbonyl (C=O) groups excluding carboxylic acids is 1. The first kappa shape index (κ1) is 19.9. The van der Waals surface area contributed by atoms with Gasteiger partial charge in [0.05, 0.1) is 5.56 Å². The third-order valence-electron chi connectivity index (χ3n) is 4.85. The van der Waals surface area contributed by atoms with E-state index in [-0.39, 0.29) is 40.6 Å². The number of rotatable bonds is 6. The fraction of sp³-hybridized carbons (Fsp3) is 0.625. The topological polar surface area (TPSA) is 95.0 Å². The van der Waals surface area contributed by atoms with Gasteiger partial charge in [-0.15, -0.1) is 11.3 Å². The Hall–Kier alpha value is -1.45. The van der Waals surface area contributed by atoms with E-state index in [0.717, 1.165) is 17.8 Å². The van der Waals surface area contributed by atoms with Crippen LogP contribution < -0.4 is 0 Å². The van der Waals surface area contributed by atoms with Gasteiger partial charge in [0.25, 0.3) is 10.0 Å². The van der Waals surface area contributed by atoms with Gasteiger partial charge in [0.15, 0.2) is 0 Å². The molecule has 1 aromatic heterocycles. The van der Waals surface area contributed by atoms with Crippen molar-refractivity contribution in [3.63, 3.8) is 0 Å². The Balaban J connectivity index is 2.03. The van der Waals surface area contributed by atoms with Gasteiger partial charge >= 0.3 is 5.97 Å². The smallest absolute Gasteiger partial charge is 0.336 e. The average Bonchev–Trinajstić information content (AvgIpc) is 3.11. The van der Waals surface area contributed by atoms with Crippen molar-refractivity contribution in [2.75, 3.05) is 26.2 Å². The zero-order chi connectivity index (χ0) is 18.8. The van der Waals surface area contributed by atoms with Gasteiger partial charge in [-0.2, -0.15) is 4.31 Å². The highest BCUT2D eigenvalue weighted by Gasteiger charge is 2.33. The molecule has 1 saturated heterocycles. The summed E-state index contributed by atoms with van der Waals surface area (Å²) < 4.78 is 26.6. The first-order valence-electron chi connectivity index (χ1n) is 8.29. The molecule has 2 unspecified atom stereocenters. The number of thiophene rings is 1. The highest BCUT2D eigenvalue weighted by Crippen LogP contribution is 2.25. The molecule has 1 aromatic rings. The first-order chi connectivity index (χ1) is 11.7. The van der Waals surface area contributed by atoms with Crippen molar-refractivity contribution in [3.8, 4) is 0 Å². The third kappa shape index (κ3) is 4.21. The van der Waals surface area contributed by atoms with Crippen LogP contribution >= 0.6 is 11.3 Å². The minimum Gasteiger partial charge on any atom is -0.478 e. The van der Waals surface area contributed by atoms with Gasteiger partial charge in [-0.1, -0.05) is 27.2 Å². The maximum atomic E-state index is 12.6. The number of nitrogens with zero attached hydrogens (tertiary/aromatic N) is 2. The standard InChI is InChI=1S/C16H24N2O5S2/c1-4-11(2)12(3)15(19)17-5-7-18(8-6-17)25(22,23)14-9-13(10-24-14)16(20)21/h9-12H,4-8H2,1-3H3,(H,20,21). The maximum Gasteiger partial charge on any atom is 0.336 e. The van der Waals surface area contributed by atoms with Crippen LogP contribution in [0.25, 0.3) is 0 Å². The van der Waals surface area contributed by atoms with Crippen LogP contribution in [-0.2, 0) is 14.8 Å². The number of piperazine rings is 1. The summed E-state index contributed by atoms with van der Waals surface area (Å²) in [4.78, 5) is 25.2. The van der Waals surface area contributed by atoms with E-state index < -0.39 is 16.0 Å². The second kappa shape index (κ2) is 7.84. The summed E-state index contributed by atoms with van der Waals surface area (Å²) in [5.41, 5.74) is -0.0280. The van der Waals surface area contributed by atoms with E-state index in [1.165, 1.54) is 15.8 Å². The van der Waals surface area contributed by atoms with Crippen molar-refractivity contribution in [2.24, 2.45) is 11.8 Å². The van der Waals surface area contributed by atoms with E-state index in [2.05, 4.69) is 0 Å². The fourth-order valence-corrected chi connectivity index (χ4v) is 5.45. The fourth-order valence-electron chi connectivity index (χ4n) is 2.72. The molecular formula is C16H24N2O5S2. The number of amides is 1. The molecule has 140 valence electrons. The molecular weight excluding hydrogens is 364 g/mol. The lowest BCUT2D eigenvalue weighted by Crippen LogP contribution is -2.52. The molecule has 1 aliphatic heterocycles. The number of carboxylic acid groups (broad SMARTS) is 1. The molecule has 9 heteroatoms. The summed E-state index contributed by atoms with van der Waals surface area (Å²) in [6, 6.07) is 1.19. The second-order valence-electron chi connectivity index (χ2n) is 6.36. The van der Waals surface area contributed by atoms with E-state index in [1.807, 2.05) is 20.8 Å². The molecule has 2 heterocycles. The quantitative estimate of drug-likeness (QED) is 0.804. The van der Waals surface area contributed by atoms with Crippen LogP contribution in [0.4, 0.5) is 0 Å². The van der Waals surface area contributed by atoms with Crippen molar-refractivity contribution in [2.45, 2.75) is 31.4 Å². The van der Waals surface area contributed by atoms with Gasteiger partial charge < -0.3 is 10.0 Å². The molecule has 2 atom stereocenters. The molecule has 1 aliphatic rings. The Kier molecular flexibility index (Phi) is 6.23. The Morgan fingerprint density at radius 3 is 2.32 bits per heavy atom. The summed E-state index contributed by atoms with van der Waals surface area (Å²) in [6.07, 6.45) is 0.922. The minimum absolute atomic E-state index is 0.0256. The minimum atomic E-state index is -3.71.